The number of halogens is 1. The van der Waals surface area contributed by atoms with E-state index in [1.807, 2.05) is 0 Å². The van der Waals surface area contributed by atoms with Crippen LogP contribution in [0.25, 0.3) is 11.2 Å². The number of anilines is 1. The molecule has 188 valence electrons. The number of hydrogen-bond acceptors (Lipinski definition) is 12. The average Bonchev–Trinajstić information content (AvgIpc) is 3.03. The van der Waals surface area contributed by atoms with Gasteiger partial charge in [0.15, 0.2) is 11.2 Å². The highest BCUT2D eigenvalue weighted by atomic mass is 35.5. The van der Waals surface area contributed by atoms with E-state index in [1.165, 1.54) is 6.92 Å². The lowest BCUT2D eigenvalue weighted by molar-refractivity contribution is -0.0670. The third-order valence-corrected chi connectivity index (χ3v) is 8.12. The Morgan fingerprint density at radius 1 is 1.24 bits per heavy atom. The molecule has 0 amide bonds. The molecule has 8 N–H and O–H groups in total. The number of ether oxygens (including phenoxy) is 1. The number of nitrogens with one attached hydrogen (secondary N) is 1. The van der Waals surface area contributed by atoms with Crippen molar-refractivity contribution in [3.63, 3.8) is 0 Å². The molecular formula is C11H19ClN5O13P3. The SMILES string of the molecule is CO[C@H](COP(=O)(O)OP(=O)(O)OP(=O)(O)O)[C@@H](O)[C@@](C)(Cl)n1cnc2c(=O)[nH]c(N)nc21. The van der Waals surface area contributed by atoms with Crippen LogP contribution in [0.2, 0.25) is 0 Å². The van der Waals surface area contributed by atoms with Gasteiger partial charge in [-0.2, -0.15) is 13.6 Å². The van der Waals surface area contributed by atoms with Gasteiger partial charge in [-0.25, -0.2) is 18.7 Å². The van der Waals surface area contributed by atoms with Crippen LogP contribution < -0.4 is 11.3 Å². The van der Waals surface area contributed by atoms with Crippen molar-refractivity contribution < 1.29 is 56.3 Å². The van der Waals surface area contributed by atoms with Gasteiger partial charge >= 0.3 is 23.5 Å². The molecule has 0 saturated heterocycles. The fraction of sp³-hybridized carbons (Fsp3) is 0.545. The number of aromatic nitrogens is 4. The lowest BCUT2D eigenvalue weighted by Crippen LogP contribution is -2.47. The fourth-order valence-electron chi connectivity index (χ4n) is 2.49. The van der Waals surface area contributed by atoms with Crippen molar-refractivity contribution >= 4 is 52.2 Å². The monoisotopic (exact) mass is 557 g/mol. The van der Waals surface area contributed by atoms with E-state index in [2.05, 4.69) is 28.1 Å². The summed E-state index contributed by atoms with van der Waals surface area (Å²) in [6, 6.07) is 0. The lowest BCUT2D eigenvalue weighted by atomic mass is 10.1. The fourth-order valence-corrected chi connectivity index (χ4v) is 5.78. The highest BCUT2D eigenvalue weighted by Gasteiger charge is 2.44. The second kappa shape index (κ2) is 9.79. The predicted octanol–water partition coefficient (Wildman–Crippen LogP) is -0.668. The van der Waals surface area contributed by atoms with Gasteiger partial charge < -0.3 is 35.2 Å². The second-order valence-electron chi connectivity index (χ2n) is 6.37. The molecule has 0 radical (unpaired) electrons. The van der Waals surface area contributed by atoms with Crippen LogP contribution >= 0.6 is 35.1 Å². The number of fused-ring (bicyclic) bond motifs is 1. The van der Waals surface area contributed by atoms with Gasteiger partial charge in [0.05, 0.1) is 12.9 Å². The van der Waals surface area contributed by atoms with Gasteiger partial charge in [-0.1, -0.05) is 11.6 Å². The van der Waals surface area contributed by atoms with Gasteiger partial charge in [0, 0.05) is 7.11 Å². The molecule has 33 heavy (non-hydrogen) atoms. The van der Waals surface area contributed by atoms with Crippen molar-refractivity contribution in [3.05, 3.63) is 16.7 Å². The molecule has 2 heterocycles. The number of aliphatic hydroxyl groups excluding tert-OH is 1. The Labute approximate surface area is 188 Å². The first-order valence-corrected chi connectivity index (χ1v) is 13.2. The molecule has 0 aliphatic carbocycles. The normalized spacial score (nSPS) is 20.0. The number of nitrogens with two attached hydrogens (primary N) is 1. The Hall–Kier alpha value is -1.23. The highest BCUT2D eigenvalue weighted by Crippen LogP contribution is 2.66. The third kappa shape index (κ3) is 7.13. The van der Waals surface area contributed by atoms with Gasteiger partial charge in [0.25, 0.3) is 5.56 Å². The van der Waals surface area contributed by atoms with Crippen LogP contribution in [0.3, 0.4) is 0 Å². The van der Waals surface area contributed by atoms with E-state index in [1.54, 1.807) is 0 Å². The van der Waals surface area contributed by atoms with Gasteiger partial charge in [-0.05, 0) is 6.92 Å². The standard InChI is InChI=1S/C11H19ClN5O13P3/c1-11(12,17-4-14-6-8(17)15-10(13)16-9(6)19)7(18)5(27-2)3-28-32(23,24)30-33(25,26)29-31(20,21)22/h4-5,7,18H,3H2,1-2H3,(H,23,24)(H,25,26)(H2,20,21,22)(H3,13,15,16,19)/t5-,7-,11+/m1/s1. The molecule has 0 aromatic carbocycles. The number of aliphatic hydroxyl groups is 1. The van der Waals surface area contributed by atoms with E-state index in [0.717, 1.165) is 18.0 Å². The number of alkyl halides is 1. The zero-order valence-corrected chi connectivity index (χ0v) is 20.0. The topological polar surface area (TPSA) is 279 Å². The van der Waals surface area contributed by atoms with Crippen LogP contribution in [0.15, 0.2) is 11.1 Å². The Bertz CT molecular complexity index is 1210. The molecule has 22 heteroatoms. The van der Waals surface area contributed by atoms with E-state index in [-0.39, 0.29) is 17.1 Å². The summed E-state index contributed by atoms with van der Waals surface area (Å²) in [4.78, 5) is 55.8. The summed E-state index contributed by atoms with van der Waals surface area (Å²) in [6.45, 7) is 0.253. The summed E-state index contributed by atoms with van der Waals surface area (Å²) in [5.41, 5.74) is 4.55. The van der Waals surface area contributed by atoms with Crippen LogP contribution in [0.1, 0.15) is 6.92 Å². The number of aromatic amines is 1. The van der Waals surface area contributed by atoms with E-state index in [4.69, 9.17) is 36.8 Å². The first-order valence-electron chi connectivity index (χ1n) is 8.30. The number of phosphoric ester groups is 1. The van der Waals surface area contributed by atoms with Gasteiger partial charge in [0.2, 0.25) is 5.95 Å². The summed E-state index contributed by atoms with van der Waals surface area (Å²) in [5, 5.41) is 10.7. The minimum atomic E-state index is -5.73. The average molecular weight is 558 g/mol. The number of hydrogen-bond donors (Lipinski definition) is 7. The molecule has 18 nitrogen and oxygen atoms in total. The third-order valence-electron chi connectivity index (χ3n) is 3.91. The Morgan fingerprint density at radius 3 is 2.39 bits per heavy atom. The van der Waals surface area contributed by atoms with Gasteiger partial charge in [-0.15, -0.1) is 0 Å². The van der Waals surface area contributed by atoms with Crippen molar-refractivity contribution in [1.82, 2.24) is 19.5 Å². The van der Waals surface area contributed by atoms with Crippen LogP contribution in [-0.4, -0.2) is 70.1 Å². The molecule has 2 aromatic heterocycles. The molecule has 0 aliphatic heterocycles. The molecule has 0 aliphatic rings. The molecule has 5 atom stereocenters. The van der Waals surface area contributed by atoms with E-state index < -0.39 is 52.8 Å². The van der Waals surface area contributed by atoms with Crippen molar-refractivity contribution in [2.24, 2.45) is 0 Å². The molecule has 0 bridgehead atoms. The van der Waals surface area contributed by atoms with Crippen molar-refractivity contribution in [1.29, 1.82) is 0 Å². The molecule has 2 aromatic rings. The Balaban J connectivity index is 2.22. The van der Waals surface area contributed by atoms with Gasteiger partial charge in [0.1, 0.15) is 17.2 Å². The largest absolute Gasteiger partial charge is 0.490 e. The van der Waals surface area contributed by atoms with Crippen molar-refractivity contribution in [2.45, 2.75) is 24.1 Å². The van der Waals surface area contributed by atoms with Crippen LogP contribution in [0, 0.1) is 0 Å². The zero-order valence-electron chi connectivity index (χ0n) is 16.6. The van der Waals surface area contributed by atoms with Crippen molar-refractivity contribution in [2.75, 3.05) is 19.5 Å². The molecule has 0 fully saturated rings. The number of methoxy groups -OCH3 is 1. The number of rotatable bonds is 11. The zero-order chi connectivity index (χ0) is 25.4. The van der Waals surface area contributed by atoms with Crippen LogP contribution in [-0.2, 0) is 36.6 Å². The molecule has 0 saturated carbocycles. The van der Waals surface area contributed by atoms with Crippen molar-refractivity contribution in [3.8, 4) is 0 Å². The second-order valence-corrected chi connectivity index (χ2v) is 11.6. The maximum atomic E-state index is 11.9. The predicted molar refractivity (Wildman–Crippen MR) is 109 cm³/mol. The lowest BCUT2D eigenvalue weighted by Gasteiger charge is -2.34. The van der Waals surface area contributed by atoms with E-state index in [0.29, 0.717) is 0 Å². The minimum absolute atomic E-state index is 0.115. The van der Waals surface area contributed by atoms with Crippen LogP contribution in [0.4, 0.5) is 5.95 Å². The van der Waals surface area contributed by atoms with Crippen LogP contribution in [0.5, 0.6) is 0 Å². The quantitative estimate of drug-likeness (QED) is 0.133. The molecular weight excluding hydrogens is 539 g/mol. The highest BCUT2D eigenvalue weighted by molar-refractivity contribution is 7.66. The number of imidazole rings is 1. The number of phosphoric acid groups is 3. The minimum Gasteiger partial charge on any atom is -0.387 e. The molecule has 2 rings (SSSR count). The van der Waals surface area contributed by atoms with E-state index in [9.17, 15) is 28.5 Å². The number of H-pyrrole nitrogens is 1. The maximum Gasteiger partial charge on any atom is 0.490 e. The number of nitrogen functional groups attached to an aromatic ring is 1. The summed E-state index contributed by atoms with van der Waals surface area (Å²) in [6.07, 6.45) is -2.23. The van der Waals surface area contributed by atoms with Gasteiger partial charge in [-0.3, -0.25) is 18.9 Å². The first-order chi connectivity index (χ1) is 14.9. The molecule has 0 spiro atoms. The first kappa shape index (κ1) is 28.0. The smallest absolute Gasteiger partial charge is 0.387 e. The Morgan fingerprint density at radius 2 is 1.85 bits per heavy atom. The summed E-state index contributed by atoms with van der Waals surface area (Å²) in [7, 11) is -15.7. The summed E-state index contributed by atoms with van der Waals surface area (Å²) < 4.78 is 51.6. The summed E-state index contributed by atoms with van der Waals surface area (Å²) >= 11 is 6.43. The summed E-state index contributed by atoms with van der Waals surface area (Å²) in [5.74, 6) is -0.271. The number of nitrogens with zero attached hydrogens (tertiary/aromatic N) is 3. The molecule has 2 unspecified atom stereocenters. The van der Waals surface area contributed by atoms with E-state index >= 15 is 0 Å². The maximum absolute atomic E-state index is 11.9. The Kier molecular flexibility index (Phi) is 8.31.